The summed E-state index contributed by atoms with van der Waals surface area (Å²) in [5.74, 6) is 0. The molecule has 2 heteroatoms. The Morgan fingerprint density at radius 1 is 1.00 bits per heavy atom. The van der Waals surface area contributed by atoms with Crippen molar-refractivity contribution < 1.29 is 9.47 Å². The average molecular weight is 86.1 g/mol. The standard InChI is InChI=1S/C4H6O2/c1-5-3-4-6-2/h1-2H,3-4H2. The summed E-state index contributed by atoms with van der Waals surface area (Å²) >= 11 is 0. The van der Waals surface area contributed by atoms with Crippen LogP contribution >= 0.6 is 0 Å². The van der Waals surface area contributed by atoms with Crippen LogP contribution < -0.4 is 0 Å². The van der Waals surface area contributed by atoms with E-state index >= 15 is 0 Å². The molecule has 0 aromatic heterocycles. The van der Waals surface area contributed by atoms with Crippen LogP contribution in [0.4, 0.5) is 0 Å². The van der Waals surface area contributed by atoms with Crippen molar-refractivity contribution in [3.63, 3.8) is 0 Å². The lowest BCUT2D eigenvalue weighted by atomic mass is 10.8. The lowest BCUT2D eigenvalue weighted by molar-refractivity contribution is 0.142. The van der Waals surface area contributed by atoms with Crippen LogP contribution in [0.3, 0.4) is 0 Å². The van der Waals surface area contributed by atoms with E-state index in [0.717, 1.165) is 0 Å². The molecule has 0 aromatic rings. The lowest BCUT2D eigenvalue weighted by Crippen LogP contribution is -1.93. The fourth-order valence-electron chi connectivity index (χ4n) is 0.0962. The molecule has 0 unspecified atom stereocenters. The van der Waals surface area contributed by atoms with Gasteiger partial charge in [-0.25, -0.2) is 0 Å². The SMILES string of the molecule is [CH]OCCO[CH]. The first-order chi connectivity index (χ1) is 2.91. The third-order valence-corrected chi connectivity index (χ3v) is 0.319. The van der Waals surface area contributed by atoms with Gasteiger partial charge in [0.05, 0.1) is 13.2 Å². The van der Waals surface area contributed by atoms with E-state index in [-0.39, 0.29) is 0 Å². The Kier molecular flexibility index (Phi) is 4.85. The Morgan fingerprint density at radius 3 is 1.50 bits per heavy atom. The highest BCUT2D eigenvalue weighted by molar-refractivity contribution is 4.23. The summed E-state index contributed by atoms with van der Waals surface area (Å²) in [7, 11) is 9.16. The normalized spacial score (nSPS) is 9.00. The van der Waals surface area contributed by atoms with Gasteiger partial charge in [-0.1, -0.05) is 0 Å². The zero-order valence-corrected chi connectivity index (χ0v) is 3.39. The summed E-state index contributed by atoms with van der Waals surface area (Å²) in [6, 6.07) is 0. The highest BCUT2D eigenvalue weighted by Gasteiger charge is 1.74. The van der Waals surface area contributed by atoms with E-state index in [0.29, 0.717) is 13.2 Å². The average Bonchev–Trinajstić information content (AvgIpc) is 1.61. The molecule has 0 aliphatic heterocycles. The predicted molar refractivity (Wildman–Crippen MR) is 20.5 cm³/mol. The van der Waals surface area contributed by atoms with E-state index in [2.05, 4.69) is 23.7 Å². The Labute approximate surface area is 38.1 Å². The minimum Gasteiger partial charge on any atom is -0.370 e. The van der Waals surface area contributed by atoms with Crippen molar-refractivity contribution in [1.82, 2.24) is 0 Å². The lowest BCUT2D eigenvalue weighted by Gasteiger charge is -1.90. The zero-order valence-electron chi connectivity index (χ0n) is 3.39. The van der Waals surface area contributed by atoms with Gasteiger partial charge in [0, 0.05) is 0 Å². The molecule has 0 spiro atoms. The first-order valence-electron chi connectivity index (χ1n) is 1.55. The molecular weight excluding hydrogens is 80.0 g/mol. The Balaban J connectivity index is 2.34. The van der Waals surface area contributed by atoms with Gasteiger partial charge in [-0.05, 0) is 0 Å². The Bertz CT molecular complexity index is 17.5. The molecule has 0 N–H and O–H groups in total. The van der Waals surface area contributed by atoms with E-state index in [4.69, 9.17) is 0 Å². The van der Waals surface area contributed by atoms with Gasteiger partial charge in [0.2, 0.25) is 0 Å². The van der Waals surface area contributed by atoms with Crippen LogP contribution in [0.1, 0.15) is 0 Å². The monoisotopic (exact) mass is 86.0 g/mol. The quantitative estimate of drug-likeness (QED) is 0.461. The fourth-order valence-corrected chi connectivity index (χ4v) is 0.0962. The summed E-state index contributed by atoms with van der Waals surface area (Å²) < 4.78 is 8.15. The Hall–Kier alpha value is -0.0800. The van der Waals surface area contributed by atoms with E-state index in [1.807, 2.05) is 0 Å². The molecule has 4 radical (unpaired) electrons. The van der Waals surface area contributed by atoms with Gasteiger partial charge in [-0.3, -0.25) is 0 Å². The molecule has 0 aliphatic carbocycles. The van der Waals surface area contributed by atoms with E-state index < -0.39 is 0 Å². The van der Waals surface area contributed by atoms with Crippen molar-refractivity contribution in [2.24, 2.45) is 0 Å². The van der Waals surface area contributed by atoms with Crippen molar-refractivity contribution in [2.45, 2.75) is 0 Å². The van der Waals surface area contributed by atoms with E-state index in [1.54, 1.807) is 0 Å². The van der Waals surface area contributed by atoms with Gasteiger partial charge in [-0.15, -0.1) is 0 Å². The molecule has 34 valence electrons. The Morgan fingerprint density at radius 2 is 1.33 bits per heavy atom. The molecule has 0 fully saturated rings. The van der Waals surface area contributed by atoms with Crippen molar-refractivity contribution in [3.05, 3.63) is 14.2 Å². The van der Waals surface area contributed by atoms with Crippen molar-refractivity contribution in [2.75, 3.05) is 13.2 Å². The number of hydrogen-bond donors (Lipinski definition) is 0. The van der Waals surface area contributed by atoms with Crippen molar-refractivity contribution in [1.29, 1.82) is 0 Å². The first kappa shape index (κ1) is 5.92. The van der Waals surface area contributed by atoms with Gasteiger partial charge < -0.3 is 9.47 Å². The van der Waals surface area contributed by atoms with Crippen molar-refractivity contribution >= 4 is 0 Å². The third-order valence-electron chi connectivity index (χ3n) is 0.319. The second-order valence-electron chi connectivity index (χ2n) is 0.742. The minimum atomic E-state index is 0.344. The molecule has 0 saturated carbocycles. The zero-order chi connectivity index (χ0) is 4.83. The largest absolute Gasteiger partial charge is 0.370 e. The van der Waals surface area contributed by atoms with Crippen LogP contribution in [0.15, 0.2) is 0 Å². The molecular formula is C4H6O2. The maximum absolute atomic E-state index is 4.58. The van der Waals surface area contributed by atoms with Gasteiger partial charge >= 0.3 is 0 Å². The van der Waals surface area contributed by atoms with Crippen molar-refractivity contribution in [3.8, 4) is 0 Å². The molecule has 0 amide bonds. The highest BCUT2D eigenvalue weighted by atomic mass is 16.5. The van der Waals surface area contributed by atoms with Gasteiger partial charge in [0.1, 0.15) is 14.2 Å². The molecule has 0 bridgehead atoms. The fraction of sp³-hybridized carbons (Fsp3) is 0.500. The molecule has 2 nitrogen and oxygen atoms in total. The van der Waals surface area contributed by atoms with Crippen LogP contribution in [-0.2, 0) is 9.47 Å². The van der Waals surface area contributed by atoms with Crippen LogP contribution in [-0.4, -0.2) is 13.2 Å². The second kappa shape index (κ2) is 4.92. The number of rotatable bonds is 3. The second-order valence-corrected chi connectivity index (χ2v) is 0.742. The molecule has 0 heterocycles. The summed E-state index contributed by atoms with van der Waals surface area (Å²) in [5.41, 5.74) is 0. The number of hydrogen-bond acceptors (Lipinski definition) is 2. The van der Waals surface area contributed by atoms with Crippen LogP contribution in [0, 0.1) is 14.2 Å². The maximum Gasteiger partial charge on any atom is 0.115 e. The molecule has 0 aromatic carbocycles. The summed E-state index contributed by atoms with van der Waals surface area (Å²) in [4.78, 5) is 0. The summed E-state index contributed by atoms with van der Waals surface area (Å²) in [6.45, 7) is 0.688. The smallest absolute Gasteiger partial charge is 0.115 e. The molecule has 6 heavy (non-hydrogen) atoms. The van der Waals surface area contributed by atoms with Gasteiger partial charge in [0.15, 0.2) is 0 Å². The first-order valence-corrected chi connectivity index (χ1v) is 1.55. The summed E-state index contributed by atoms with van der Waals surface area (Å²) in [6.07, 6.45) is 0. The highest BCUT2D eigenvalue weighted by Crippen LogP contribution is 1.69. The topological polar surface area (TPSA) is 18.5 Å². The van der Waals surface area contributed by atoms with Crippen LogP contribution in [0.25, 0.3) is 0 Å². The minimum absolute atomic E-state index is 0.344. The molecule has 0 rings (SSSR count). The molecule has 0 atom stereocenters. The predicted octanol–water partition coefficient (Wildman–Crippen LogP) is 0.357. The molecule has 0 saturated heterocycles. The third kappa shape index (κ3) is 3.92. The van der Waals surface area contributed by atoms with Crippen LogP contribution in [0.2, 0.25) is 0 Å². The van der Waals surface area contributed by atoms with Gasteiger partial charge in [-0.2, -0.15) is 0 Å². The molecule has 0 aliphatic rings. The van der Waals surface area contributed by atoms with Crippen LogP contribution in [0.5, 0.6) is 0 Å². The summed E-state index contributed by atoms with van der Waals surface area (Å²) in [5, 5.41) is 0. The number of ether oxygens (including phenoxy) is 2. The maximum atomic E-state index is 4.58. The van der Waals surface area contributed by atoms with E-state index in [1.165, 1.54) is 0 Å². The van der Waals surface area contributed by atoms with Gasteiger partial charge in [0.25, 0.3) is 0 Å². The van der Waals surface area contributed by atoms with E-state index in [9.17, 15) is 0 Å².